The molecule has 0 radical (unpaired) electrons. The van der Waals surface area contributed by atoms with Gasteiger partial charge in [-0.25, -0.2) is 8.42 Å². The van der Waals surface area contributed by atoms with E-state index in [4.69, 9.17) is 25.8 Å². The van der Waals surface area contributed by atoms with Crippen LogP contribution in [0.4, 0.5) is 0 Å². The highest BCUT2D eigenvalue weighted by atomic mass is 35.5. The van der Waals surface area contributed by atoms with E-state index in [2.05, 4.69) is 4.72 Å². The number of sulfonamides is 1. The summed E-state index contributed by atoms with van der Waals surface area (Å²) in [6, 6.07) is 8.85. The number of carbonyl (C=O) groups is 2. The monoisotopic (exact) mass is 441 g/mol. The highest BCUT2D eigenvalue weighted by molar-refractivity contribution is 7.89. The summed E-state index contributed by atoms with van der Waals surface area (Å²) >= 11 is 5.97. The molecule has 2 rings (SSSR count). The molecule has 10 heteroatoms. The van der Waals surface area contributed by atoms with Crippen molar-refractivity contribution in [3.05, 3.63) is 53.1 Å². The largest absolute Gasteiger partial charge is 0.497 e. The number of hydrogen-bond donors (Lipinski definition) is 1. The Morgan fingerprint density at radius 1 is 1.07 bits per heavy atom. The van der Waals surface area contributed by atoms with E-state index in [0.29, 0.717) is 11.5 Å². The Kier molecular flexibility index (Phi) is 7.60. The van der Waals surface area contributed by atoms with Gasteiger partial charge in [-0.1, -0.05) is 11.6 Å². The Morgan fingerprint density at radius 2 is 1.72 bits per heavy atom. The fourth-order valence-electron chi connectivity index (χ4n) is 2.29. The van der Waals surface area contributed by atoms with E-state index in [-0.39, 0.29) is 15.5 Å². The van der Waals surface area contributed by atoms with Crippen LogP contribution in [-0.2, 0) is 19.6 Å². The molecule has 0 fully saturated rings. The Bertz CT molecular complexity index is 990. The summed E-state index contributed by atoms with van der Waals surface area (Å²) in [5.41, 5.74) is 0.232. The maximum absolute atomic E-state index is 12.4. The van der Waals surface area contributed by atoms with Crippen LogP contribution >= 0.6 is 11.6 Å². The lowest BCUT2D eigenvalue weighted by Gasteiger charge is -2.14. The molecule has 1 atom stereocenters. The molecule has 29 heavy (non-hydrogen) atoms. The predicted molar refractivity (Wildman–Crippen MR) is 106 cm³/mol. The number of esters is 1. The Hall–Kier alpha value is -2.62. The van der Waals surface area contributed by atoms with Crippen molar-refractivity contribution in [2.24, 2.45) is 0 Å². The molecule has 0 heterocycles. The topological polar surface area (TPSA) is 108 Å². The number of nitrogens with one attached hydrogen (secondary N) is 1. The second kappa shape index (κ2) is 9.73. The fourth-order valence-corrected chi connectivity index (χ4v) is 3.74. The van der Waals surface area contributed by atoms with Crippen LogP contribution in [0.5, 0.6) is 11.5 Å². The number of Topliss-reactive ketones (excluding diaryl/α,β-unsaturated/α-hetero) is 1. The quantitative estimate of drug-likeness (QED) is 0.470. The van der Waals surface area contributed by atoms with Gasteiger partial charge >= 0.3 is 5.97 Å². The zero-order valence-corrected chi connectivity index (χ0v) is 17.5. The standard InChI is InChI=1S/C19H20ClNO7S/c1-12(21-29(24,25)15-7-5-14(26-2)6-8-15)19(23)28-11-17(22)13-4-9-18(27-3)16(20)10-13/h4-10,12,21H,11H2,1-3H3/t12-/m0/s1. The van der Waals surface area contributed by atoms with Crippen molar-refractivity contribution >= 4 is 33.4 Å². The van der Waals surface area contributed by atoms with Gasteiger partial charge in [-0.05, 0) is 49.4 Å². The second-order valence-electron chi connectivity index (χ2n) is 5.90. The van der Waals surface area contributed by atoms with Gasteiger partial charge in [-0.2, -0.15) is 4.72 Å². The number of benzene rings is 2. The Labute approximate surface area is 173 Å². The van der Waals surface area contributed by atoms with Crippen LogP contribution in [0.25, 0.3) is 0 Å². The zero-order chi connectivity index (χ0) is 21.6. The van der Waals surface area contributed by atoms with Crippen LogP contribution in [0.1, 0.15) is 17.3 Å². The van der Waals surface area contributed by atoms with Gasteiger partial charge in [0.15, 0.2) is 12.4 Å². The number of ketones is 1. The maximum Gasteiger partial charge on any atom is 0.324 e. The van der Waals surface area contributed by atoms with Gasteiger partial charge in [0.05, 0.1) is 24.1 Å². The Balaban J connectivity index is 1.95. The summed E-state index contributed by atoms with van der Waals surface area (Å²) in [5, 5.41) is 0.241. The summed E-state index contributed by atoms with van der Waals surface area (Å²) < 4.78 is 41.8. The number of rotatable bonds is 9. The first kappa shape index (κ1) is 22.7. The third-order valence-corrected chi connectivity index (χ3v) is 5.73. The number of halogens is 1. The van der Waals surface area contributed by atoms with Crippen LogP contribution in [0, 0.1) is 0 Å². The Morgan fingerprint density at radius 3 is 2.28 bits per heavy atom. The van der Waals surface area contributed by atoms with Gasteiger partial charge in [0.2, 0.25) is 10.0 Å². The smallest absolute Gasteiger partial charge is 0.324 e. The van der Waals surface area contributed by atoms with Gasteiger partial charge in [-0.3, -0.25) is 9.59 Å². The van der Waals surface area contributed by atoms with Crippen molar-refractivity contribution in [3.8, 4) is 11.5 Å². The van der Waals surface area contributed by atoms with E-state index in [1.807, 2.05) is 0 Å². The lowest BCUT2D eigenvalue weighted by Crippen LogP contribution is -2.40. The minimum atomic E-state index is -3.96. The van der Waals surface area contributed by atoms with Crippen LogP contribution < -0.4 is 14.2 Å². The molecule has 156 valence electrons. The van der Waals surface area contributed by atoms with E-state index in [1.165, 1.54) is 63.6 Å². The molecule has 0 aliphatic carbocycles. The zero-order valence-electron chi connectivity index (χ0n) is 16.0. The minimum absolute atomic E-state index is 0.0399. The highest BCUT2D eigenvalue weighted by Gasteiger charge is 2.24. The van der Waals surface area contributed by atoms with Crippen LogP contribution in [0.3, 0.4) is 0 Å². The molecule has 2 aromatic carbocycles. The lowest BCUT2D eigenvalue weighted by atomic mass is 10.1. The molecule has 0 aliphatic rings. The maximum atomic E-state index is 12.4. The van der Waals surface area contributed by atoms with Gasteiger partial charge in [0.1, 0.15) is 17.5 Å². The first-order valence-electron chi connectivity index (χ1n) is 8.37. The molecule has 0 aromatic heterocycles. The van der Waals surface area contributed by atoms with E-state index in [9.17, 15) is 18.0 Å². The first-order chi connectivity index (χ1) is 13.7. The highest BCUT2D eigenvalue weighted by Crippen LogP contribution is 2.25. The van der Waals surface area contributed by atoms with Crippen molar-refractivity contribution in [1.29, 1.82) is 0 Å². The van der Waals surface area contributed by atoms with Crippen molar-refractivity contribution in [2.45, 2.75) is 17.9 Å². The number of ether oxygens (including phenoxy) is 3. The summed E-state index contributed by atoms with van der Waals surface area (Å²) in [7, 11) is -1.05. The number of carbonyl (C=O) groups excluding carboxylic acids is 2. The average Bonchev–Trinajstić information content (AvgIpc) is 2.71. The third kappa shape index (κ3) is 5.93. The predicted octanol–water partition coefficient (Wildman–Crippen LogP) is 2.45. The van der Waals surface area contributed by atoms with Crippen LogP contribution in [0.2, 0.25) is 5.02 Å². The van der Waals surface area contributed by atoms with E-state index in [0.717, 1.165) is 0 Å². The van der Waals surface area contributed by atoms with Crippen molar-refractivity contribution in [3.63, 3.8) is 0 Å². The molecule has 0 aliphatic heterocycles. The number of hydrogen-bond acceptors (Lipinski definition) is 7. The molecular formula is C19H20ClNO7S. The fraction of sp³-hybridized carbons (Fsp3) is 0.263. The number of methoxy groups -OCH3 is 2. The molecule has 0 amide bonds. The van der Waals surface area contributed by atoms with E-state index < -0.39 is 34.4 Å². The van der Waals surface area contributed by atoms with E-state index in [1.54, 1.807) is 0 Å². The first-order valence-corrected chi connectivity index (χ1v) is 10.2. The molecule has 0 unspecified atom stereocenters. The van der Waals surface area contributed by atoms with Crippen LogP contribution in [0.15, 0.2) is 47.4 Å². The lowest BCUT2D eigenvalue weighted by molar-refractivity contribution is -0.144. The molecule has 2 aromatic rings. The van der Waals surface area contributed by atoms with Gasteiger partial charge in [0, 0.05) is 5.56 Å². The van der Waals surface area contributed by atoms with Gasteiger partial charge < -0.3 is 14.2 Å². The second-order valence-corrected chi connectivity index (χ2v) is 8.02. The average molecular weight is 442 g/mol. The minimum Gasteiger partial charge on any atom is -0.497 e. The van der Waals surface area contributed by atoms with Gasteiger partial charge in [-0.15, -0.1) is 0 Å². The molecular weight excluding hydrogens is 422 g/mol. The summed E-state index contributed by atoms with van der Waals surface area (Å²) in [6.45, 7) is 0.758. The van der Waals surface area contributed by atoms with Crippen molar-refractivity contribution < 1.29 is 32.2 Å². The SMILES string of the molecule is COc1ccc(S(=O)(=O)N[C@@H](C)C(=O)OCC(=O)c2ccc(OC)c(Cl)c2)cc1. The van der Waals surface area contributed by atoms with Crippen molar-refractivity contribution in [1.82, 2.24) is 4.72 Å². The van der Waals surface area contributed by atoms with Gasteiger partial charge in [0.25, 0.3) is 0 Å². The summed E-state index contributed by atoms with van der Waals surface area (Å²) in [6.07, 6.45) is 0. The van der Waals surface area contributed by atoms with Crippen LogP contribution in [-0.4, -0.2) is 47.0 Å². The molecule has 1 N–H and O–H groups in total. The van der Waals surface area contributed by atoms with Crippen molar-refractivity contribution in [2.75, 3.05) is 20.8 Å². The molecule has 0 spiro atoms. The third-order valence-electron chi connectivity index (χ3n) is 3.87. The summed E-state index contributed by atoms with van der Waals surface area (Å²) in [5.74, 6) is -0.488. The molecule has 0 saturated heterocycles. The molecule has 0 bridgehead atoms. The molecule has 8 nitrogen and oxygen atoms in total. The summed E-state index contributed by atoms with van der Waals surface area (Å²) in [4.78, 5) is 24.2. The molecule has 0 saturated carbocycles. The normalized spacial score (nSPS) is 12.1. The van der Waals surface area contributed by atoms with E-state index >= 15 is 0 Å².